The van der Waals surface area contributed by atoms with Gasteiger partial charge in [0, 0.05) is 25.2 Å². The number of carbonyl (C=O) groups is 16. The number of ether oxygens (including phenoxy) is 6. The highest BCUT2D eigenvalue weighted by Crippen LogP contribution is 2.45. The molecule has 0 bridgehead atoms. The Labute approximate surface area is 850 Å². The number of carboxylic acids is 1. The summed E-state index contributed by atoms with van der Waals surface area (Å²) in [6.45, 7) is 32.7. The second-order valence-electron chi connectivity index (χ2n) is 41.9. The molecule has 6 aromatic rings. The SMILES string of the molecule is CC(C)C[C@H](NC(=O)[C@H](Cc1ccc(OC(C)(C)C)cc1)NC(=O)[C@H](COC(C)(C)C)NC(=O)[C@H](COC(C)(C)C)NC(=O)[C@@H](NC(=O)[C@H](CC(=O)OC(C)(C)C)NC(=O)OCC1c2ccccc2-c2ccccc21)C(C)C)C(=O)N[C@@H](CCC(=O)OC(C)(C)C)C(=O)NCC(=O)N[C@@H](CCC(=O)NC(c1ccccc1)(c1ccccc1)c1ccccc1)C(=O)N[C@@H](C)C(=O)N[C@@H](C)C(=O)N[C@@H](CCCCN)C(=O)O. The van der Waals surface area contributed by atoms with Crippen LogP contribution in [0.4, 0.5) is 4.79 Å². The molecule has 6 aromatic carbocycles. The number of carbonyl (C=O) groups excluding carboxylic acids is 15. The Hall–Kier alpha value is -13.7. The average molecular weight is 2010 g/mol. The molecule has 0 unspecified atom stereocenters. The molecule has 0 saturated heterocycles. The van der Waals surface area contributed by atoms with E-state index in [1.165, 1.54) is 13.8 Å². The standard InChI is InChI=1S/C108H150N14O23/c1-64(2)57-81(95(131)114-78(53-55-88(125)144-106(16,17)18)93(129)110-60-87(124)113-79(94(130)112-66(5)91(127)111-67(6)92(128)115-80(101(137)138)47-35-36-56-109)52-54-86(123)122-108(69-37-25-22-26-38-69,70-39-27-23-28-40-70)71-41-29-24-30-42-71)116-96(132)82(58-68-48-50-72(51-49-68)143-105(13,14)15)117-98(134)84(62-141-103(7,8)9)118-99(135)85(63-142-104(10,11)12)119-100(136)90(65(3)4)121-97(133)83(59-89(126)145-107(19,20)21)120-102(139)140-61-77-75-45-33-31-43-73(75)74-44-32-34-46-76(74)77/h22-34,37-46,48-51,64-67,77-85,90H,35-36,47,52-63,109H2,1-21H3,(H,110,129)(H,111,127)(H,112,130)(H,113,124)(H,114,131)(H,115,128)(H,116,132)(H,117,134)(H,118,135)(H,119,136)(H,120,139)(H,121,133)(H,122,123)(H,137,138)/t66-,67-,78-,79-,80-,81-,82-,83-,84-,85-,90-/m0/s1. The van der Waals surface area contributed by atoms with Gasteiger partial charge in [-0.3, -0.25) is 67.1 Å². The number of carboxylic acid groups (broad SMARTS) is 1. The average Bonchev–Trinajstić information content (AvgIpc) is 1.75. The topological polar surface area (TPSA) is 531 Å². The van der Waals surface area contributed by atoms with E-state index in [9.17, 15) is 62.6 Å². The molecule has 37 heteroatoms. The summed E-state index contributed by atoms with van der Waals surface area (Å²) in [6, 6.07) is 32.1. The molecule has 16 N–H and O–H groups in total. The van der Waals surface area contributed by atoms with Gasteiger partial charge >= 0.3 is 24.0 Å². The predicted octanol–water partition coefficient (Wildman–Crippen LogP) is 8.61. The van der Waals surface area contributed by atoms with Crippen LogP contribution in [0.3, 0.4) is 0 Å². The molecule has 7 rings (SSSR count). The van der Waals surface area contributed by atoms with Crippen molar-refractivity contribution in [1.82, 2.24) is 69.1 Å². The lowest BCUT2D eigenvalue weighted by Gasteiger charge is -2.37. The van der Waals surface area contributed by atoms with Gasteiger partial charge in [-0.2, -0.15) is 0 Å². The molecule has 790 valence electrons. The number of hydrogen-bond acceptors (Lipinski definition) is 23. The number of unbranched alkanes of at least 4 members (excludes halogenated alkanes) is 1. The first-order valence-corrected chi connectivity index (χ1v) is 49.2. The van der Waals surface area contributed by atoms with Crippen LogP contribution in [0.2, 0.25) is 0 Å². The maximum Gasteiger partial charge on any atom is 0.407 e. The molecular formula is C108H150N14O23. The minimum absolute atomic E-state index is 0.0492. The summed E-state index contributed by atoms with van der Waals surface area (Å²) in [5.41, 5.74) is 5.77. The van der Waals surface area contributed by atoms with Gasteiger partial charge in [0.15, 0.2) is 0 Å². The highest BCUT2D eigenvalue weighted by atomic mass is 16.6. The van der Waals surface area contributed by atoms with Gasteiger partial charge in [0.25, 0.3) is 0 Å². The van der Waals surface area contributed by atoms with Gasteiger partial charge in [0.05, 0.1) is 37.4 Å². The quantitative estimate of drug-likeness (QED) is 0.00735. The number of fused-ring (bicyclic) bond motifs is 3. The third-order valence-corrected chi connectivity index (χ3v) is 22.8. The van der Waals surface area contributed by atoms with E-state index in [-0.39, 0.29) is 38.3 Å². The monoisotopic (exact) mass is 2010 g/mol. The van der Waals surface area contributed by atoms with E-state index in [0.29, 0.717) is 40.8 Å². The van der Waals surface area contributed by atoms with Crippen molar-refractivity contribution in [1.29, 1.82) is 0 Å². The summed E-state index contributed by atoms with van der Waals surface area (Å²) in [5, 5.41) is 44.3. The molecule has 0 heterocycles. The molecule has 11 atom stereocenters. The van der Waals surface area contributed by atoms with Crippen LogP contribution in [0.5, 0.6) is 5.75 Å². The van der Waals surface area contributed by atoms with E-state index in [1.54, 1.807) is 135 Å². The Bertz CT molecular complexity index is 5260. The number of hydrogen-bond donors (Lipinski definition) is 15. The number of esters is 2. The Balaban J connectivity index is 1.16. The third kappa shape index (κ3) is 39.4. The van der Waals surface area contributed by atoms with Gasteiger partial charge in [-0.15, -0.1) is 0 Å². The molecule has 0 aromatic heterocycles. The fourth-order valence-electron chi connectivity index (χ4n) is 15.8. The molecule has 0 spiro atoms. The molecule has 1 aliphatic rings. The van der Waals surface area contributed by atoms with E-state index in [4.69, 9.17) is 34.2 Å². The van der Waals surface area contributed by atoms with Crippen LogP contribution in [0.15, 0.2) is 164 Å². The number of amides is 13. The summed E-state index contributed by atoms with van der Waals surface area (Å²) < 4.78 is 35.4. The Morgan fingerprint density at radius 1 is 0.379 bits per heavy atom. The minimum atomic E-state index is -1.71. The van der Waals surface area contributed by atoms with E-state index in [2.05, 4.69) is 69.1 Å². The molecule has 13 amide bonds. The van der Waals surface area contributed by atoms with E-state index >= 15 is 19.2 Å². The zero-order valence-electron chi connectivity index (χ0n) is 87.3. The second-order valence-corrected chi connectivity index (χ2v) is 41.9. The summed E-state index contributed by atoms with van der Waals surface area (Å²) in [7, 11) is 0. The largest absolute Gasteiger partial charge is 0.488 e. The lowest BCUT2D eigenvalue weighted by Crippen LogP contribution is -2.62. The number of nitrogens with one attached hydrogen (secondary N) is 13. The summed E-state index contributed by atoms with van der Waals surface area (Å²) >= 11 is 0. The first-order valence-electron chi connectivity index (χ1n) is 49.2. The van der Waals surface area contributed by atoms with Gasteiger partial charge in [0.1, 0.15) is 101 Å². The van der Waals surface area contributed by atoms with E-state index in [0.717, 1.165) is 22.3 Å². The first kappa shape index (κ1) is 118. The van der Waals surface area contributed by atoms with Crippen LogP contribution in [-0.4, -0.2) is 227 Å². The zero-order valence-corrected chi connectivity index (χ0v) is 87.3. The highest BCUT2D eigenvalue weighted by Gasteiger charge is 2.43. The Morgan fingerprint density at radius 2 is 0.800 bits per heavy atom. The normalized spacial score (nSPS) is 14.5. The van der Waals surface area contributed by atoms with Crippen molar-refractivity contribution >= 4 is 94.9 Å². The van der Waals surface area contributed by atoms with Crippen LogP contribution >= 0.6 is 0 Å². The van der Waals surface area contributed by atoms with Gasteiger partial charge in [-0.25, -0.2) is 9.59 Å². The Morgan fingerprint density at radius 3 is 1.28 bits per heavy atom. The molecule has 145 heavy (non-hydrogen) atoms. The third-order valence-electron chi connectivity index (χ3n) is 22.8. The zero-order chi connectivity index (χ0) is 108. The number of rotatable bonds is 52. The Kier molecular flexibility index (Phi) is 44.3. The lowest BCUT2D eigenvalue weighted by molar-refractivity contribution is -0.157. The van der Waals surface area contributed by atoms with Crippen molar-refractivity contribution in [3.63, 3.8) is 0 Å². The summed E-state index contributed by atoms with van der Waals surface area (Å²) in [5.74, 6) is -15.6. The molecule has 1 aliphatic carbocycles. The summed E-state index contributed by atoms with van der Waals surface area (Å²) in [4.78, 5) is 230. The van der Waals surface area contributed by atoms with Gasteiger partial charge < -0.3 is 108 Å². The van der Waals surface area contributed by atoms with Crippen LogP contribution in [0, 0.1) is 11.8 Å². The fraction of sp³-hybridized carbons (Fsp3) is 0.519. The molecule has 0 saturated carbocycles. The minimum Gasteiger partial charge on any atom is -0.488 e. The fourth-order valence-corrected chi connectivity index (χ4v) is 15.8. The first-order chi connectivity index (χ1) is 67.9. The maximum absolute atomic E-state index is 15.5. The maximum atomic E-state index is 15.5. The van der Waals surface area contributed by atoms with Crippen molar-refractivity contribution in [2.75, 3.05) is 32.9 Å². The lowest BCUT2D eigenvalue weighted by atomic mass is 9.77. The van der Waals surface area contributed by atoms with E-state index < -0.39 is 259 Å². The molecule has 37 nitrogen and oxygen atoms in total. The van der Waals surface area contributed by atoms with Gasteiger partial charge in [-0.05, 0) is 231 Å². The second kappa shape index (κ2) is 54.3. The van der Waals surface area contributed by atoms with Crippen molar-refractivity contribution in [2.24, 2.45) is 17.6 Å². The van der Waals surface area contributed by atoms with Gasteiger partial charge in [0.2, 0.25) is 70.9 Å². The molecule has 0 aliphatic heterocycles. The smallest absolute Gasteiger partial charge is 0.407 e. The number of nitrogens with two attached hydrogens (primary N) is 1. The predicted molar refractivity (Wildman–Crippen MR) is 545 cm³/mol. The van der Waals surface area contributed by atoms with Crippen LogP contribution in [0.25, 0.3) is 11.1 Å². The van der Waals surface area contributed by atoms with E-state index in [1.807, 2.05) is 160 Å². The van der Waals surface area contributed by atoms with Crippen molar-refractivity contribution in [3.05, 3.63) is 197 Å². The summed E-state index contributed by atoms with van der Waals surface area (Å²) in [6.07, 6.45) is -3.20. The van der Waals surface area contributed by atoms with Crippen molar-refractivity contribution < 1.29 is 110 Å². The van der Waals surface area contributed by atoms with Crippen LogP contribution in [-0.2, 0) is 108 Å². The number of alkyl carbamates (subject to hydrolysis) is 1. The molecule has 0 fully saturated rings. The number of benzene rings is 6. The van der Waals surface area contributed by atoms with Crippen molar-refractivity contribution in [3.8, 4) is 16.9 Å². The van der Waals surface area contributed by atoms with Crippen molar-refractivity contribution in [2.45, 2.75) is 316 Å². The number of aliphatic carboxylic acids is 1. The highest BCUT2D eigenvalue weighted by molar-refractivity contribution is 6.00. The molecule has 0 radical (unpaired) electrons. The van der Waals surface area contributed by atoms with Crippen LogP contribution < -0.4 is 79.6 Å². The van der Waals surface area contributed by atoms with Crippen LogP contribution in [0.1, 0.15) is 242 Å². The molecular weight excluding hydrogens is 1860 g/mol. The van der Waals surface area contributed by atoms with Gasteiger partial charge in [-0.1, -0.05) is 179 Å².